The van der Waals surface area contributed by atoms with Crippen LogP contribution in [0.2, 0.25) is 0 Å². The van der Waals surface area contributed by atoms with E-state index >= 15 is 0 Å². The smallest absolute Gasteiger partial charge is 0.317 e. The first-order valence-electron chi connectivity index (χ1n) is 4.42. The molecular weight excluding hydrogens is 168 g/mol. The van der Waals surface area contributed by atoms with Crippen molar-refractivity contribution in [1.82, 2.24) is 10.2 Å². The number of carbonyl (C=O) groups excluding carboxylic acids is 1. The largest absolute Gasteiger partial charge is 0.386 e. The number of amides is 2. The van der Waals surface area contributed by atoms with Gasteiger partial charge in [0, 0.05) is 13.1 Å². The molecule has 0 saturated carbocycles. The fourth-order valence-electron chi connectivity index (χ4n) is 0.865. The monoisotopic (exact) mass is 186 g/mol. The number of nitrogens with one attached hydrogen (secondary N) is 2. The van der Waals surface area contributed by atoms with Gasteiger partial charge in [-0.2, -0.15) is 0 Å². The Morgan fingerprint density at radius 3 is 2.31 bits per heavy atom. The number of rotatable bonds is 4. The van der Waals surface area contributed by atoms with Crippen molar-refractivity contribution in [3.63, 3.8) is 0 Å². The van der Waals surface area contributed by atoms with E-state index in [0.29, 0.717) is 13.1 Å². The highest BCUT2D eigenvalue weighted by molar-refractivity contribution is 5.87. The molecule has 5 heteroatoms. The van der Waals surface area contributed by atoms with Gasteiger partial charge in [0.05, 0.1) is 6.04 Å². The first kappa shape index (κ1) is 11.7. The zero-order valence-corrected chi connectivity index (χ0v) is 8.42. The maximum atomic E-state index is 11.4. The van der Waals surface area contributed by atoms with Gasteiger partial charge in [0.2, 0.25) is 0 Å². The molecule has 4 N–H and O–H groups in total. The molecule has 0 aliphatic rings. The molecule has 0 spiro atoms. The third kappa shape index (κ3) is 3.78. The van der Waals surface area contributed by atoms with E-state index in [1.165, 1.54) is 0 Å². The van der Waals surface area contributed by atoms with Gasteiger partial charge in [-0.05, 0) is 20.8 Å². The lowest BCUT2D eigenvalue weighted by Gasteiger charge is -2.21. The van der Waals surface area contributed by atoms with Gasteiger partial charge in [0.1, 0.15) is 5.84 Å². The molecular formula is C8H18N4O. The highest BCUT2D eigenvalue weighted by Crippen LogP contribution is 1.90. The van der Waals surface area contributed by atoms with Crippen molar-refractivity contribution in [1.29, 1.82) is 5.41 Å². The minimum Gasteiger partial charge on any atom is -0.386 e. The number of hydrogen-bond donors (Lipinski definition) is 3. The molecule has 13 heavy (non-hydrogen) atoms. The molecule has 0 rings (SSSR count). The summed E-state index contributed by atoms with van der Waals surface area (Å²) in [6.07, 6.45) is 0. The number of nitrogens with zero attached hydrogens (tertiary/aromatic N) is 1. The highest BCUT2D eigenvalue weighted by atomic mass is 16.2. The summed E-state index contributed by atoms with van der Waals surface area (Å²) in [5, 5.41) is 9.71. The first-order chi connectivity index (χ1) is 6.02. The molecule has 2 amide bonds. The number of hydrogen-bond acceptors (Lipinski definition) is 2. The van der Waals surface area contributed by atoms with Crippen molar-refractivity contribution < 1.29 is 4.79 Å². The number of nitrogens with two attached hydrogens (primary N) is 1. The van der Waals surface area contributed by atoms with Crippen LogP contribution in [0.25, 0.3) is 0 Å². The molecule has 0 radical (unpaired) electrons. The molecule has 76 valence electrons. The second-order valence-corrected chi connectivity index (χ2v) is 2.80. The summed E-state index contributed by atoms with van der Waals surface area (Å²) >= 11 is 0. The van der Waals surface area contributed by atoms with Crippen molar-refractivity contribution in [3.05, 3.63) is 0 Å². The second kappa shape index (κ2) is 5.40. The SMILES string of the molecule is CCN(CC)C(=O)NC(C)C(=N)N. The maximum Gasteiger partial charge on any atom is 0.317 e. The van der Waals surface area contributed by atoms with Crippen molar-refractivity contribution in [2.24, 2.45) is 5.73 Å². The van der Waals surface area contributed by atoms with Crippen LogP contribution >= 0.6 is 0 Å². The highest BCUT2D eigenvalue weighted by Gasteiger charge is 2.13. The third-order valence-electron chi connectivity index (χ3n) is 1.86. The summed E-state index contributed by atoms with van der Waals surface area (Å²) in [5.41, 5.74) is 5.22. The van der Waals surface area contributed by atoms with Crippen molar-refractivity contribution in [2.45, 2.75) is 26.8 Å². The molecule has 0 fully saturated rings. The molecule has 0 aliphatic heterocycles. The van der Waals surface area contributed by atoms with Crippen LogP contribution in [0.3, 0.4) is 0 Å². The standard InChI is InChI=1S/C8H18N4O/c1-4-12(5-2)8(13)11-6(3)7(9)10/h6H,4-5H2,1-3H3,(H3,9,10)(H,11,13). The van der Waals surface area contributed by atoms with E-state index in [4.69, 9.17) is 11.1 Å². The molecule has 0 aromatic heterocycles. The van der Waals surface area contributed by atoms with Gasteiger partial charge in [0.15, 0.2) is 0 Å². The number of amidine groups is 1. The van der Waals surface area contributed by atoms with Crippen LogP contribution in [0.1, 0.15) is 20.8 Å². The van der Waals surface area contributed by atoms with Crippen molar-refractivity contribution in [2.75, 3.05) is 13.1 Å². The van der Waals surface area contributed by atoms with Crippen LogP contribution in [0.15, 0.2) is 0 Å². The van der Waals surface area contributed by atoms with E-state index in [2.05, 4.69) is 5.32 Å². The Hall–Kier alpha value is -1.26. The van der Waals surface area contributed by atoms with Crippen LogP contribution in [0.5, 0.6) is 0 Å². The van der Waals surface area contributed by atoms with Gasteiger partial charge in [-0.15, -0.1) is 0 Å². The van der Waals surface area contributed by atoms with Crippen molar-refractivity contribution in [3.8, 4) is 0 Å². The average Bonchev–Trinajstić information content (AvgIpc) is 2.06. The predicted molar refractivity (Wildman–Crippen MR) is 52.8 cm³/mol. The van der Waals surface area contributed by atoms with E-state index in [1.807, 2.05) is 13.8 Å². The van der Waals surface area contributed by atoms with Crippen LogP contribution < -0.4 is 11.1 Å². The summed E-state index contributed by atoms with van der Waals surface area (Å²) < 4.78 is 0. The Bertz CT molecular complexity index is 189. The molecule has 0 aromatic carbocycles. The molecule has 1 unspecified atom stereocenters. The molecule has 0 aromatic rings. The first-order valence-corrected chi connectivity index (χ1v) is 4.42. The van der Waals surface area contributed by atoms with E-state index in [0.717, 1.165) is 0 Å². The van der Waals surface area contributed by atoms with Gasteiger partial charge in [-0.3, -0.25) is 5.41 Å². The predicted octanol–water partition coefficient (Wildman–Crippen LogP) is 0.362. The quantitative estimate of drug-likeness (QED) is 0.437. The molecule has 1 atom stereocenters. The zero-order chi connectivity index (χ0) is 10.4. The summed E-state index contributed by atoms with van der Waals surface area (Å²) in [6, 6.07) is -0.569. The van der Waals surface area contributed by atoms with E-state index < -0.39 is 6.04 Å². The normalized spacial score (nSPS) is 11.9. The Morgan fingerprint density at radius 2 is 2.00 bits per heavy atom. The molecule has 0 bridgehead atoms. The van der Waals surface area contributed by atoms with Gasteiger partial charge in [-0.25, -0.2) is 4.79 Å². The van der Waals surface area contributed by atoms with Gasteiger partial charge in [-0.1, -0.05) is 0 Å². The lowest BCUT2D eigenvalue weighted by molar-refractivity contribution is 0.202. The molecule has 5 nitrogen and oxygen atoms in total. The van der Waals surface area contributed by atoms with E-state index in [9.17, 15) is 4.79 Å². The lowest BCUT2D eigenvalue weighted by Crippen LogP contribution is -2.48. The van der Waals surface area contributed by atoms with Crippen LogP contribution in [0, 0.1) is 5.41 Å². The topological polar surface area (TPSA) is 82.2 Å². The summed E-state index contributed by atoms with van der Waals surface area (Å²) in [5.74, 6) is -0.0273. The number of carbonyl (C=O) groups is 1. The lowest BCUT2D eigenvalue weighted by atomic mass is 10.3. The second-order valence-electron chi connectivity index (χ2n) is 2.80. The minimum atomic E-state index is -0.395. The van der Waals surface area contributed by atoms with Crippen LogP contribution in [-0.4, -0.2) is 35.9 Å². The number of urea groups is 1. The fraction of sp³-hybridized carbons (Fsp3) is 0.750. The Morgan fingerprint density at radius 1 is 1.54 bits per heavy atom. The van der Waals surface area contributed by atoms with Crippen molar-refractivity contribution >= 4 is 11.9 Å². The fourth-order valence-corrected chi connectivity index (χ4v) is 0.865. The van der Waals surface area contributed by atoms with Gasteiger partial charge >= 0.3 is 6.03 Å². The van der Waals surface area contributed by atoms with E-state index in [-0.39, 0.29) is 11.9 Å². The Balaban J connectivity index is 4.05. The Labute approximate surface area is 78.8 Å². The maximum absolute atomic E-state index is 11.4. The van der Waals surface area contributed by atoms with Gasteiger partial charge in [0.25, 0.3) is 0 Å². The Kier molecular flexibility index (Phi) is 4.87. The summed E-state index contributed by atoms with van der Waals surface area (Å²) in [6.45, 7) is 6.81. The average molecular weight is 186 g/mol. The minimum absolute atomic E-state index is 0.0273. The van der Waals surface area contributed by atoms with E-state index in [1.54, 1.807) is 11.8 Å². The summed E-state index contributed by atoms with van der Waals surface area (Å²) in [4.78, 5) is 13.0. The van der Waals surface area contributed by atoms with Crippen LogP contribution in [0.4, 0.5) is 4.79 Å². The summed E-state index contributed by atoms with van der Waals surface area (Å²) in [7, 11) is 0. The molecule has 0 aliphatic carbocycles. The zero-order valence-electron chi connectivity index (χ0n) is 8.42. The third-order valence-corrected chi connectivity index (χ3v) is 1.86. The van der Waals surface area contributed by atoms with Gasteiger partial charge < -0.3 is 16.0 Å². The van der Waals surface area contributed by atoms with Crippen LogP contribution in [-0.2, 0) is 0 Å². The molecule has 0 saturated heterocycles. The molecule has 0 heterocycles.